The lowest BCUT2D eigenvalue weighted by Crippen LogP contribution is -2.16. The number of furan rings is 1. The minimum Gasteiger partial charge on any atom is -0.455 e. The van der Waals surface area contributed by atoms with E-state index < -0.39 is 0 Å². The Hall–Kier alpha value is -6.94. The normalized spacial score (nSPS) is 13.1. The Labute approximate surface area is 340 Å². The summed E-state index contributed by atoms with van der Waals surface area (Å²) in [6.07, 6.45) is 0. The van der Waals surface area contributed by atoms with Crippen LogP contribution >= 0.6 is 11.3 Å². The molecule has 2 aromatic heterocycles. The van der Waals surface area contributed by atoms with Gasteiger partial charge in [0.25, 0.3) is 0 Å². The zero-order chi connectivity index (χ0) is 38.5. The fourth-order valence-electron chi connectivity index (χ4n) is 9.65. The molecule has 1 aliphatic carbocycles. The minimum absolute atomic E-state index is 0.105. The monoisotopic (exact) mass is 759 g/mol. The molecule has 1 aliphatic rings. The summed E-state index contributed by atoms with van der Waals surface area (Å²) in [5.74, 6) is 0. The summed E-state index contributed by atoms with van der Waals surface area (Å²) in [6, 6.07) is 68.6. The van der Waals surface area contributed by atoms with Crippen LogP contribution in [0.15, 0.2) is 192 Å². The third-order valence-electron chi connectivity index (χ3n) is 12.5. The summed E-state index contributed by atoms with van der Waals surface area (Å²) in [7, 11) is 0. The third-order valence-corrected chi connectivity index (χ3v) is 13.7. The van der Waals surface area contributed by atoms with Crippen molar-refractivity contribution in [1.29, 1.82) is 0 Å². The van der Waals surface area contributed by atoms with Crippen LogP contribution in [-0.2, 0) is 5.41 Å². The molecule has 0 bridgehead atoms. The highest BCUT2D eigenvalue weighted by atomic mass is 32.1. The molecule has 0 saturated heterocycles. The van der Waals surface area contributed by atoms with Crippen molar-refractivity contribution < 1.29 is 4.42 Å². The first-order valence-electron chi connectivity index (χ1n) is 20.0. The Bertz CT molecular complexity index is 3410. The first-order chi connectivity index (χ1) is 28.5. The number of rotatable bonds is 5. The fraction of sp³-hybridized carbons (Fsp3) is 0.0545. The molecule has 12 rings (SSSR count). The van der Waals surface area contributed by atoms with Crippen molar-refractivity contribution in [1.82, 2.24) is 0 Å². The molecule has 0 fully saturated rings. The van der Waals surface area contributed by atoms with Gasteiger partial charge >= 0.3 is 0 Å². The van der Waals surface area contributed by atoms with Crippen molar-refractivity contribution in [2.24, 2.45) is 0 Å². The first-order valence-corrected chi connectivity index (χ1v) is 20.8. The third kappa shape index (κ3) is 4.84. The van der Waals surface area contributed by atoms with E-state index in [9.17, 15) is 0 Å². The van der Waals surface area contributed by atoms with E-state index in [-0.39, 0.29) is 5.41 Å². The van der Waals surface area contributed by atoms with E-state index in [2.05, 4.69) is 207 Å². The topological polar surface area (TPSA) is 16.4 Å². The molecule has 2 nitrogen and oxygen atoms in total. The summed E-state index contributed by atoms with van der Waals surface area (Å²) in [6.45, 7) is 4.70. The average Bonchev–Trinajstić information content (AvgIpc) is 3.93. The summed E-state index contributed by atoms with van der Waals surface area (Å²) < 4.78 is 9.64. The molecule has 0 aliphatic heterocycles. The lowest BCUT2D eigenvalue weighted by atomic mass is 9.82. The van der Waals surface area contributed by atoms with E-state index in [0.29, 0.717) is 0 Å². The summed E-state index contributed by atoms with van der Waals surface area (Å²) >= 11 is 1.86. The van der Waals surface area contributed by atoms with Crippen LogP contribution in [0, 0.1) is 0 Å². The maximum Gasteiger partial charge on any atom is 0.145 e. The summed E-state index contributed by atoms with van der Waals surface area (Å²) in [4.78, 5) is 2.39. The molecule has 9 aromatic carbocycles. The van der Waals surface area contributed by atoms with Crippen molar-refractivity contribution in [2.75, 3.05) is 4.90 Å². The van der Waals surface area contributed by atoms with Crippen molar-refractivity contribution >= 4 is 81.3 Å². The molecule has 274 valence electrons. The van der Waals surface area contributed by atoms with Crippen LogP contribution in [0.2, 0.25) is 0 Å². The van der Waals surface area contributed by atoms with Crippen LogP contribution in [0.5, 0.6) is 0 Å². The number of anilines is 3. The zero-order valence-electron chi connectivity index (χ0n) is 32.2. The number of hydrogen-bond donors (Lipinski definition) is 0. The highest BCUT2D eigenvalue weighted by Gasteiger charge is 2.35. The lowest BCUT2D eigenvalue weighted by Gasteiger charge is -2.28. The Morgan fingerprint density at radius 2 is 1.00 bits per heavy atom. The van der Waals surface area contributed by atoms with E-state index in [1.54, 1.807) is 0 Å². The standard InChI is InChI=1S/C55H37NOS/c1-55(2)47-21-10-8-15-41(47)42-32-31-39(33-48(42)55)56(37-27-23-35(24-28-37)34-13-4-3-5-14-34)38-29-25-36(26-30-38)40-19-12-20-46-50-43-16-6-7-17-44(43)54-51(53(50)57-52(40)46)45-18-9-11-22-49(45)58-54/h3-33H,1-2H3. The van der Waals surface area contributed by atoms with Gasteiger partial charge < -0.3 is 9.32 Å². The van der Waals surface area contributed by atoms with Crippen molar-refractivity contribution in [3.8, 4) is 33.4 Å². The average molecular weight is 760 g/mol. The van der Waals surface area contributed by atoms with E-state index in [1.807, 2.05) is 11.3 Å². The molecule has 3 heteroatoms. The van der Waals surface area contributed by atoms with Gasteiger partial charge in [-0.1, -0.05) is 159 Å². The van der Waals surface area contributed by atoms with E-state index in [0.717, 1.165) is 44.7 Å². The smallest absolute Gasteiger partial charge is 0.145 e. The Kier molecular flexibility index (Phi) is 7.18. The molecular weight excluding hydrogens is 723 g/mol. The second-order valence-electron chi connectivity index (χ2n) is 16.0. The Morgan fingerprint density at radius 3 is 1.79 bits per heavy atom. The molecule has 58 heavy (non-hydrogen) atoms. The zero-order valence-corrected chi connectivity index (χ0v) is 33.0. The maximum atomic E-state index is 7.07. The summed E-state index contributed by atoms with van der Waals surface area (Å²) in [5.41, 5.74) is 15.1. The number of fused-ring (bicyclic) bond motifs is 13. The number of para-hydroxylation sites is 1. The number of hydrogen-bond acceptors (Lipinski definition) is 3. The number of nitrogens with zero attached hydrogens (tertiary/aromatic N) is 1. The SMILES string of the molecule is CC1(C)c2ccccc2-c2ccc(N(c3ccc(-c4ccccc4)cc3)c3ccc(-c4cccc5c4oc4c5c5ccccc5c5sc6ccccc6c45)cc3)cc21. The van der Waals surface area contributed by atoms with Gasteiger partial charge in [0.15, 0.2) is 0 Å². The van der Waals surface area contributed by atoms with Crippen molar-refractivity contribution in [2.45, 2.75) is 19.3 Å². The van der Waals surface area contributed by atoms with Crippen LogP contribution in [0.25, 0.3) is 86.3 Å². The van der Waals surface area contributed by atoms with Crippen LogP contribution in [-0.4, -0.2) is 0 Å². The van der Waals surface area contributed by atoms with Gasteiger partial charge in [-0.3, -0.25) is 0 Å². The predicted octanol–water partition coefficient (Wildman–Crippen LogP) is 16.2. The summed E-state index contributed by atoms with van der Waals surface area (Å²) in [5, 5.41) is 7.30. The molecule has 11 aromatic rings. The highest BCUT2D eigenvalue weighted by molar-refractivity contribution is 7.27. The molecule has 2 heterocycles. The minimum atomic E-state index is -0.105. The second-order valence-corrected chi connectivity index (χ2v) is 17.1. The molecular formula is C55H37NOS. The van der Waals surface area contributed by atoms with Gasteiger partial charge in [-0.15, -0.1) is 11.3 Å². The molecule has 0 atom stereocenters. The van der Waals surface area contributed by atoms with Crippen LogP contribution in [0.1, 0.15) is 25.0 Å². The van der Waals surface area contributed by atoms with Crippen LogP contribution < -0.4 is 4.90 Å². The number of benzene rings is 9. The maximum absolute atomic E-state index is 7.07. The molecule has 0 saturated carbocycles. The largest absolute Gasteiger partial charge is 0.455 e. The van der Waals surface area contributed by atoms with Gasteiger partial charge in [0.2, 0.25) is 0 Å². The van der Waals surface area contributed by atoms with Gasteiger partial charge in [-0.2, -0.15) is 0 Å². The first kappa shape index (κ1) is 33.2. The molecule has 0 unspecified atom stereocenters. The van der Waals surface area contributed by atoms with Gasteiger partial charge in [0, 0.05) is 64.4 Å². The fourth-order valence-corrected chi connectivity index (χ4v) is 10.9. The quantitative estimate of drug-likeness (QED) is 0.174. The molecule has 0 spiro atoms. The van der Waals surface area contributed by atoms with Gasteiger partial charge in [0.05, 0.1) is 0 Å². The highest BCUT2D eigenvalue weighted by Crippen LogP contribution is 2.52. The Morgan fingerprint density at radius 1 is 0.414 bits per heavy atom. The van der Waals surface area contributed by atoms with Crippen LogP contribution in [0.3, 0.4) is 0 Å². The van der Waals surface area contributed by atoms with E-state index >= 15 is 0 Å². The predicted molar refractivity (Wildman–Crippen MR) is 247 cm³/mol. The molecule has 0 radical (unpaired) electrons. The van der Waals surface area contributed by atoms with Crippen molar-refractivity contribution in [3.63, 3.8) is 0 Å². The van der Waals surface area contributed by atoms with Gasteiger partial charge in [-0.25, -0.2) is 0 Å². The molecule has 0 N–H and O–H groups in total. The van der Waals surface area contributed by atoms with Gasteiger partial charge in [0.1, 0.15) is 11.2 Å². The van der Waals surface area contributed by atoms with E-state index in [1.165, 1.54) is 69.7 Å². The van der Waals surface area contributed by atoms with E-state index in [4.69, 9.17) is 4.42 Å². The second kappa shape index (κ2) is 12.5. The molecule has 0 amide bonds. The van der Waals surface area contributed by atoms with Crippen molar-refractivity contribution in [3.05, 3.63) is 199 Å². The van der Waals surface area contributed by atoms with Gasteiger partial charge in [-0.05, 0) is 86.8 Å². The number of thiophene rings is 1. The Balaban J connectivity index is 1.01. The van der Waals surface area contributed by atoms with Crippen LogP contribution in [0.4, 0.5) is 17.1 Å². The lowest BCUT2D eigenvalue weighted by molar-refractivity contribution is 0.660.